The van der Waals surface area contributed by atoms with Gasteiger partial charge in [0, 0.05) is 5.54 Å². The van der Waals surface area contributed by atoms with Crippen LogP contribution in [0.25, 0.3) is 0 Å². The molecular weight excluding hydrogens is 238 g/mol. The van der Waals surface area contributed by atoms with Gasteiger partial charge >= 0.3 is 0 Å². The summed E-state index contributed by atoms with van der Waals surface area (Å²) in [4.78, 5) is 0. The molecule has 0 aromatic heterocycles. The van der Waals surface area contributed by atoms with E-state index in [1.807, 2.05) is 14.0 Å². The SMILES string of the molecule is CNC(C)(CO)CCCOc1c(C)ccc(C)c1C. The number of likely N-dealkylation sites (N-methyl/N-ethyl adjacent to an activating group) is 1. The maximum atomic E-state index is 9.32. The second-order valence-electron chi connectivity index (χ2n) is 5.57. The van der Waals surface area contributed by atoms with E-state index in [2.05, 4.69) is 38.2 Å². The van der Waals surface area contributed by atoms with Crippen LogP contribution in [-0.4, -0.2) is 30.9 Å². The van der Waals surface area contributed by atoms with Crippen LogP contribution < -0.4 is 10.1 Å². The van der Waals surface area contributed by atoms with Crippen molar-refractivity contribution in [2.45, 2.75) is 46.1 Å². The molecule has 0 aliphatic carbocycles. The van der Waals surface area contributed by atoms with Gasteiger partial charge in [0.15, 0.2) is 0 Å². The Morgan fingerprint density at radius 2 is 1.84 bits per heavy atom. The van der Waals surface area contributed by atoms with Gasteiger partial charge in [-0.15, -0.1) is 0 Å². The predicted molar refractivity (Wildman–Crippen MR) is 79.9 cm³/mol. The van der Waals surface area contributed by atoms with Gasteiger partial charge in [-0.2, -0.15) is 0 Å². The number of aryl methyl sites for hydroxylation is 2. The summed E-state index contributed by atoms with van der Waals surface area (Å²) in [7, 11) is 1.88. The van der Waals surface area contributed by atoms with Crippen molar-refractivity contribution in [3.63, 3.8) is 0 Å². The van der Waals surface area contributed by atoms with Crippen molar-refractivity contribution < 1.29 is 9.84 Å². The molecule has 0 heterocycles. The van der Waals surface area contributed by atoms with Gasteiger partial charge in [0.1, 0.15) is 5.75 Å². The second kappa shape index (κ2) is 6.92. The third kappa shape index (κ3) is 4.22. The Bertz CT molecular complexity index is 411. The number of benzene rings is 1. The van der Waals surface area contributed by atoms with Crippen LogP contribution in [0.4, 0.5) is 0 Å². The van der Waals surface area contributed by atoms with Gasteiger partial charge in [-0.3, -0.25) is 0 Å². The molecule has 3 nitrogen and oxygen atoms in total. The standard InChI is InChI=1S/C16H27NO2/c1-12-7-8-13(2)15(14(12)3)19-10-6-9-16(4,11-18)17-5/h7-8,17-18H,6,9-11H2,1-5H3. The molecule has 0 radical (unpaired) electrons. The molecule has 0 amide bonds. The number of rotatable bonds is 7. The summed E-state index contributed by atoms with van der Waals surface area (Å²) < 4.78 is 5.92. The minimum absolute atomic E-state index is 0.145. The van der Waals surface area contributed by atoms with E-state index in [0.29, 0.717) is 6.61 Å². The summed E-state index contributed by atoms with van der Waals surface area (Å²) >= 11 is 0. The summed E-state index contributed by atoms with van der Waals surface area (Å²) in [5, 5.41) is 12.5. The first-order valence-corrected chi connectivity index (χ1v) is 6.93. The maximum absolute atomic E-state index is 9.32. The minimum atomic E-state index is -0.208. The smallest absolute Gasteiger partial charge is 0.125 e. The molecule has 1 aromatic rings. The minimum Gasteiger partial charge on any atom is -0.493 e. The Labute approximate surface area is 117 Å². The zero-order valence-electron chi connectivity index (χ0n) is 12.8. The van der Waals surface area contributed by atoms with E-state index in [-0.39, 0.29) is 12.1 Å². The number of aliphatic hydroxyl groups is 1. The highest BCUT2D eigenvalue weighted by molar-refractivity contribution is 5.44. The van der Waals surface area contributed by atoms with Crippen LogP contribution in [0.15, 0.2) is 12.1 Å². The topological polar surface area (TPSA) is 41.5 Å². The molecule has 3 heteroatoms. The van der Waals surface area contributed by atoms with E-state index in [0.717, 1.165) is 18.6 Å². The molecule has 2 N–H and O–H groups in total. The summed E-state index contributed by atoms with van der Waals surface area (Å²) in [5.41, 5.74) is 3.45. The number of nitrogens with one attached hydrogen (secondary N) is 1. The highest BCUT2D eigenvalue weighted by atomic mass is 16.5. The maximum Gasteiger partial charge on any atom is 0.125 e. The lowest BCUT2D eigenvalue weighted by Crippen LogP contribution is -2.43. The predicted octanol–water partition coefficient (Wildman–Crippen LogP) is 2.74. The molecule has 0 bridgehead atoms. The molecule has 0 spiro atoms. The molecular formula is C16H27NO2. The number of hydrogen-bond acceptors (Lipinski definition) is 3. The van der Waals surface area contributed by atoms with Crippen molar-refractivity contribution in [1.29, 1.82) is 0 Å². The largest absolute Gasteiger partial charge is 0.493 e. The molecule has 1 unspecified atom stereocenters. The third-order valence-electron chi connectivity index (χ3n) is 3.95. The van der Waals surface area contributed by atoms with Gasteiger partial charge in [0.25, 0.3) is 0 Å². The Hall–Kier alpha value is -1.06. The van der Waals surface area contributed by atoms with Crippen molar-refractivity contribution in [2.24, 2.45) is 0 Å². The molecule has 0 aliphatic rings. The van der Waals surface area contributed by atoms with Crippen LogP contribution in [-0.2, 0) is 0 Å². The molecule has 0 aliphatic heterocycles. The fourth-order valence-corrected chi connectivity index (χ4v) is 2.07. The highest BCUT2D eigenvalue weighted by Gasteiger charge is 2.19. The van der Waals surface area contributed by atoms with E-state index in [1.165, 1.54) is 16.7 Å². The monoisotopic (exact) mass is 265 g/mol. The average molecular weight is 265 g/mol. The van der Waals surface area contributed by atoms with Crippen molar-refractivity contribution >= 4 is 0 Å². The molecule has 108 valence electrons. The van der Waals surface area contributed by atoms with E-state index in [4.69, 9.17) is 4.74 Å². The van der Waals surface area contributed by atoms with Gasteiger partial charge < -0.3 is 15.2 Å². The molecule has 0 saturated carbocycles. The lowest BCUT2D eigenvalue weighted by atomic mass is 9.97. The molecule has 0 saturated heterocycles. The highest BCUT2D eigenvalue weighted by Crippen LogP contribution is 2.26. The van der Waals surface area contributed by atoms with Crippen molar-refractivity contribution in [3.8, 4) is 5.75 Å². The fourth-order valence-electron chi connectivity index (χ4n) is 2.07. The summed E-state index contributed by atoms with van der Waals surface area (Å²) in [6.07, 6.45) is 1.81. The Balaban J connectivity index is 2.53. The first kappa shape index (κ1) is 16.0. The van der Waals surface area contributed by atoms with Gasteiger partial charge in [0.2, 0.25) is 0 Å². The normalized spacial score (nSPS) is 14.2. The van der Waals surface area contributed by atoms with Crippen LogP contribution in [0.1, 0.15) is 36.5 Å². The fraction of sp³-hybridized carbons (Fsp3) is 0.625. The molecule has 19 heavy (non-hydrogen) atoms. The molecule has 1 rings (SSSR count). The summed E-state index contributed by atoms with van der Waals surface area (Å²) in [6.45, 7) is 9.13. The van der Waals surface area contributed by atoms with Crippen molar-refractivity contribution in [2.75, 3.05) is 20.3 Å². The van der Waals surface area contributed by atoms with Crippen molar-refractivity contribution in [3.05, 3.63) is 28.8 Å². The van der Waals surface area contributed by atoms with Crippen LogP contribution in [0, 0.1) is 20.8 Å². The van der Waals surface area contributed by atoms with Crippen molar-refractivity contribution in [1.82, 2.24) is 5.32 Å². The number of ether oxygens (including phenoxy) is 1. The average Bonchev–Trinajstić information content (AvgIpc) is 2.42. The third-order valence-corrected chi connectivity index (χ3v) is 3.95. The number of aliphatic hydroxyl groups excluding tert-OH is 1. The zero-order chi connectivity index (χ0) is 14.5. The Morgan fingerprint density at radius 1 is 1.21 bits per heavy atom. The second-order valence-corrected chi connectivity index (χ2v) is 5.57. The van der Waals surface area contributed by atoms with E-state index >= 15 is 0 Å². The van der Waals surface area contributed by atoms with Crippen LogP contribution in [0.5, 0.6) is 5.75 Å². The summed E-state index contributed by atoms with van der Waals surface area (Å²) in [6, 6.07) is 4.23. The van der Waals surface area contributed by atoms with Gasteiger partial charge in [-0.05, 0) is 64.3 Å². The number of hydrogen-bond donors (Lipinski definition) is 2. The van der Waals surface area contributed by atoms with Gasteiger partial charge in [-0.25, -0.2) is 0 Å². The van der Waals surface area contributed by atoms with Crippen LogP contribution in [0.2, 0.25) is 0 Å². The van der Waals surface area contributed by atoms with E-state index < -0.39 is 0 Å². The first-order valence-electron chi connectivity index (χ1n) is 6.93. The zero-order valence-corrected chi connectivity index (χ0v) is 12.8. The van der Waals surface area contributed by atoms with Crippen LogP contribution >= 0.6 is 0 Å². The lowest BCUT2D eigenvalue weighted by molar-refractivity contribution is 0.163. The lowest BCUT2D eigenvalue weighted by Gasteiger charge is -2.26. The first-order chi connectivity index (χ1) is 8.93. The van der Waals surface area contributed by atoms with E-state index in [9.17, 15) is 5.11 Å². The Kier molecular flexibility index (Phi) is 5.83. The molecule has 1 atom stereocenters. The summed E-state index contributed by atoms with van der Waals surface area (Å²) in [5.74, 6) is 1.01. The van der Waals surface area contributed by atoms with Crippen LogP contribution in [0.3, 0.4) is 0 Å². The van der Waals surface area contributed by atoms with Gasteiger partial charge in [-0.1, -0.05) is 12.1 Å². The van der Waals surface area contributed by atoms with E-state index in [1.54, 1.807) is 0 Å². The quantitative estimate of drug-likeness (QED) is 0.745. The Morgan fingerprint density at radius 3 is 2.42 bits per heavy atom. The van der Waals surface area contributed by atoms with Gasteiger partial charge in [0.05, 0.1) is 13.2 Å². The molecule has 1 aromatic carbocycles. The molecule has 0 fully saturated rings.